The topological polar surface area (TPSA) is 84.1 Å². The second kappa shape index (κ2) is 4.40. The maximum Gasteiger partial charge on any atom is 0.374 e. The lowest BCUT2D eigenvalue weighted by Gasteiger charge is -1.96. The number of aromatic amines is 1. The average Bonchev–Trinajstić information content (AvgIpc) is 2.66. The van der Waals surface area contributed by atoms with Gasteiger partial charge < -0.3 is 15.0 Å². The van der Waals surface area contributed by atoms with Crippen molar-refractivity contribution in [3.8, 4) is 0 Å². The summed E-state index contributed by atoms with van der Waals surface area (Å²) in [7, 11) is 1.49. The number of nitrogens with zero attached hydrogens (tertiary/aromatic N) is 1. The largest absolute Gasteiger partial charge is 0.460 e. The first-order chi connectivity index (χ1) is 6.69. The molecule has 1 rings (SSSR count). The Hall–Kier alpha value is -1.85. The van der Waals surface area contributed by atoms with Crippen molar-refractivity contribution in [1.29, 1.82) is 0 Å². The molecule has 0 aliphatic carbocycles. The van der Waals surface area contributed by atoms with E-state index in [1.807, 2.05) is 0 Å². The Balaban J connectivity index is 2.77. The minimum atomic E-state index is -0.567. The number of nitrogens with one attached hydrogen (secondary N) is 2. The number of carbonyl (C=O) groups excluding carboxylic acids is 2. The monoisotopic (exact) mass is 197 g/mol. The summed E-state index contributed by atoms with van der Waals surface area (Å²) < 4.78 is 4.69. The second-order valence-electron chi connectivity index (χ2n) is 2.45. The zero-order valence-electron chi connectivity index (χ0n) is 7.96. The predicted molar refractivity (Wildman–Crippen MR) is 47.9 cm³/mol. The molecule has 0 saturated heterocycles. The maximum absolute atomic E-state index is 11.1. The number of esters is 1. The van der Waals surface area contributed by atoms with Gasteiger partial charge in [-0.25, -0.2) is 9.78 Å². The summed E-state index contributed by atoms with van der Waals surface area (Å²) >= 11 is 0. The number of hydrogen-bond acceptors (Lipinski definition) is 4. The molecule has 0 bridgehead atoms. The van der Waals surface area contributed by atoms with Gasteiger partial charge >= 0.3 is 5.97 Å². The maximum atomic E-state index is 11.1. The molecule has 1 amide bonds. The highest BCUT2D eigenvalue weighted by atomic mass is 16.5. The first-order valence-electron chi connectivity index (χ1n) is 4.13. The molecule has 0 aromatic carbocycles. The molecule has 0 spiro atoms. The van der Waals surface area contributed by atoms with E-state index >= 15 is 0 Å². The normalized spacial score (nSPS) is 9.57. The van der Waals surface area contributed by atoms with Gasteiger partial charge in [-0.05, 0) is 6.92 Å². The first kappa shape index (κ1) is 10.2. The standard InChI is InChI=1S/C8H11N3O3/c1-3-14-8(13)6-10-4-5(11-6)7(12)9-2/h4H,3H2,1-2H3,(H,9,12)(H,10,11). The molecule has 0 aliphatic rings. The highest BCUT2D eigenvalue weighted by molar-refractivity contribution is 5.94. The van der Waals surface area contributed by atoms with E-state index in [1.165, 1.54) is 13.2 Å². The van der Waals surface area contributed by atoms with Gasteiger partial charge in [0.2, 0.25) is 5.82 Å². The molecule has 6 heteroatoms. The number of H-pyrrole nitrogens is 1. The van der Waals surface area contributed by atoms with Gasteiger partial charge in [0.25, 0.3) is 5.91 Å². The molecule has 2 N–H and O–H groups in total. The fraction of sp³-hybridized carbons (Fsp3) is 0.375. The van der Waals surface area contributed by atoms with Gasteiger partial charge in [0.05, 0.1) is 12.8 Å². The average molecular weight is 197 g/mol. The third-order valence-electron chi connectivity index (χ3n) is 1.52. The molecule has 1 aromatic heterocycles. The molecule has 76 valence electrons. The van der Waals surface area contributed by atoms with E-state index in [2.05, 4.69) is 15.3 Å². The van der Waals surface area contributed by atoms with Gasteiger partial charge in [-0.3, -0.25) is 4.79 Å². The van der Waals surface area contributed by atoms with Crippen molar-refractivity contribution in [2.75, 3.05) is 13.7 Å². The van der Waals surface area contributed by atoms with E-state index in [1.54, 1.807) is 6.92 Å². The molecule has 1 aromatic rings. The quantitative estimate of drug-likeness (QED) is 0.665. The Kier molecular flexibility index (Phi) is 3.22. The molecular formula is C8H11N3O3. The van der Waals surface area contributed by atoms with Crippen LogP contribution in [0, 0.1) is 0 Å². The summed E-state index contributed by atoms with van der Waals surface area (Å²) in [5, 5.41) is 2.40. The van der Waals surface area contributed by atoms with Crippen LogP contribution in [0.25, 0.3) is 0 Å². The van der Waals surface area contributed by atoms with Crippen LogP contribution in [-0.2, 0) is 4.74 Å². The van der Waals surface area contributed by atoms with Crippen LogP contribution in [0.1, 0.15) is 28.0 Å². The summed E-state index contributed by atoms with van der Waals surface area (Å²) in [6.45, 7) is 1.97. The number of aromatic nitrogens is 2. The molecule has 0 aliphatic heterocycles. The van der Waals surface area contributed by atoms with Crippen LogP contribution in [0.5, 0.6) is 0 Å². The van der Waals surface area contributed by atoms with Crippen LogP contribution in [0.4, 0.5) is 0 Å². The summed E-state index contributed by atoms with van der Waals surface area (Å²) in [6, 6.07) is 0. The van der Waals surface area contributed by atoms with Crippen LogP contribution in [0.2, 0.25) is 0 Å². The Labute approximate surface area is 80.7 Å². The van der Waals surface area contributed by atoms with Crippen molar-refractivity contribution in [3.63, 3.8) is 0 Å². The van der Waals surface area contributed by atoms with Gasteiger partial charge in [0, 0.05) is 7.05 Å². The van der Waals surface area contributed by atoms with Crippen LogP contribution in [0.3, 0.4) is 0 Å². The molecule has 1 heterocycles. The van der Waals surface area contributed by atoms with Gasteiger partial charge in [-0.2, -0.15) is 0 Å². The molecule has 0 unspecified atom stereocenters. The van der Waals surface area contributed by atoms with Crippen LogP contribution >= 0.6 is 0 Å². The Bertz CT molecular complexity index is 345. The van der Waals surface area contributed by atoms with E-state index in [4.69, 9.17) is 4.74 Å². The molecular weight excluding hydrogens is 186 g/mol. The zero-order valence-corrected chi connectivity index (χ0v) is 7.96. The minimum Gasteiger partial charge on any atom is -0.460 e. The molecule has 0 radical (unpaired) electrons. The number of carbonyl (C=O) groups is 2. The summed E-state index contributed by atoms with van der Waals surface area (Å²) in [5.74, 6) is -0.860. The number of amides is 1. The fourth-order valence-electron chi connectivity index (χ4n) is 0.874. The lowest BCUT2D eigenvalue weighted by atomic mass is 10.4. The summed E-state index contributed by atoms with van der Waals surface area (Å²) in [4.78, 5) is 28.5. The van der Waals surface area contributed by atoms with Gasteiger partial charge in [-0.1, -0.05) is 0 Å². The minimum absolute atomic E-state index is 0.0328. The molecule has 6 nitrogen and oxygen atoms in total. The van der Waals surface area contributed by atoms with Gasteiger partial charge in [0.1, 0.15) is 5.69 Å². The Morgan fingerprint density at radius 2 is 2.36 bits per heavy atom. The van der Waals surface area contributed by atoms with E-state index in [-0.39, 0.29) is 24.0 Å². The highest BCUT2D eigenvalue weighted by Gasteiger charge is 2.13. The third-order valence-corrected chi connectivity index (χ3v) is 1.52. The van der Waals surface area contributed by atoms with E-state index in [0.717, 1.165) is 0 Å². The lowest BCUT2D eigenvalue weighted by Crippen LogP contribution is -2.18. The molecule has 14 heavy (non-hydrogen) atoms. The summed E-state index contributed by atoms with van der Waals surface area (Å²) in [6.07, 6.45) is 1.28. The smallest absolute Gasteiger partial charge is 0.374 e. The number of ether oxygens (including phenoxy) is 1. The number of hydrogen-bond donors (Lipinski definition) is 2. The van der Waals surface area contributed by atoms with E-state index < -0.39 is 5.97 Å². The Morgan fingerprint density at radius 3 is 2.93 bits per heavy atom. The van der Waals surface area contributed by atoms with E-state index in [9.17, 15) is 9.59 Å². The predicted octanol–water partition coefficient (Wildman–Crippen LogP) is -0.0540. The van der Waals surface area contributed by atoms with Crippen molar-refractivity contribution < 1.29 is 14.3 Å². The van der Waals surface area contributed by atoms with Crippen molar-refractivity contribution >= 4 is 11.9 Å². The van der Waals surface area contributed by atoms with Crippen molar-refractivity contribution in [2.45, 2.75) is 6.92 Å². The van der Waals surface area contributed by atoms with Gasteiger partial charge in [0.15, 0.2) is 0 Å². The van der Waals surface area contributed by atoms with Crippen LogP contribution in [-0.4, -0.2) is 35.5 Å². The van der Waals surface area contributed by atoms with Crippen LogP contribution in [0.15, 0.2) is 6.20 Å². The number of rotatable bonds is 3. The second-order valence-corrected chi connectivity index (χ2v) is 2.45. The molecule has 0 fully saturated rings. The zero-order chi connectivity index (χ0) is 10.6. The first-order valence-corrected chi connectivity index (χ1v) is 4.13. The highest BCUT2D eigenvalue weighted by Crippen LogP contribution is 1.98. The molecule has 0 atom stereocenters. The van der Waals surface area contributed by atoms with Crippen molar-refractivity contribution in [3.05, 3.63) is 17.7 Å². The van der Waals surface area contributed by atoms with Crippen molar-refractivity contribution in [1.82, 2.24) is 15.3 Å². The van der Waals surface area contributed by atoms with Crippen LogP contribution < -0.4 is 5.32 Å². The Morgan fingerprint density at radius 1 is 1.64 bits per heavy atom. The van der Waals surface area contributed by atoms with E-state index in [0.29, 0.717) is 0 Å². The van der Waals surface area contributed by atoms with Gasteiger partial charge in [-0.15, -0.1) is 0 Å². The SMILES string of the molecule is CCOC(=O)c1ncc(C(=O)NC)[nH]1. The lowest BCUT2D eigenvalue weighted by molar-refractivity contribution is 0.0513. The number of imidazole rings is 1. The molecule has 0 saturated carbocycles. The third kappa shape index (κ3) is 2.09. The fourth-order valence-corrected chi connectivity index (χ4v) is 0.874. The summed E-state index contributed by atoms with van der Waals surface area (Å²) in [5.41, 5.74) is 0.232. The van der Waals surface area contributed by atoms with Crippen molar-refractivity contribution in [2.24, 2.45) is 0 Å².